The standard InChI is InChI=1S/C27H36N4O5S.C26H34N4O5S.C23H28N4O3S.C2HF3O2.C2H6O/c1-19(2)22-14-23(25(36-18-33-4)15-24(22)35-17-32-3)26-28-29-27(37-5)31(26)21-8-6-20(7-9-21)16-30-10-12-34-13-11-30;1-18(2)21-13-22(24(35-17-32-4)14-23(21)34-16-31-3)25-27-28-26(36)30(25)20-7-5-19(6-8-20)15-29-9-11-33-12-10-29;1-15(2)18-12-19(21(29)13-20(18)28)22-24-25-23(31-3)27(22)17-6-4-16(5-7-17)14-26-8-10-30-11-9-26;3-2(4,5)1(6)7;1-2-3/h6-9,14-15,19H,10-13,16-18H2,1-5H3;5-8,13-14,18H,9-12,15-17H2,1-4H3,(H,28,36);4-7,12-13,15,28-29H,8-11,14H2,1-3H3;(H,6,7);3H,2H2,1H3. The summed E-state index contributed by atoms with van der Waals surface area (Å²) in [5.41, 5.74) is 11.5. The number of methoxy groups -OCH3 is 4. The number of thioether (sulfide) groups is 2. The van der Waals surface area contributed by atoms with Crippen molar-refractivity contribution in [3.8, 4) is 85.7 Å². The highest BCUT2D eigenvalue weighted by Gasteiger charge is 2.38. The van der Waals surface area contributed by atoms with Gasteiger partial charge in [-0.2, -0.15) is 18.3 Å². The fraction of sp³-hybridized carbons (Fsp3) is 0.463. The van der Waals surface area contributed by atoms with Gasteiger partial charge in [0.2, 0.25) is 0 Å². The topological polar surface area (TPSA) is 304 Å². The number of phenolic OH excluding ortho intramolecular Hbond substituents is 2. The zero-order valence-corrected chi connectivity index (χ0v) is 69.2. The molecule has 6 aromatic carbocycles. The van der Waals surface area contributed by atoms with Crippen LogP contribution < -0.4 is 18.9 Å². The van der Waals surface area contributed by atoms with E-state index in [1.807, 2.05) is 53.7 Å². The first kappa shape index (κ1) is 90.8. The minimum absolute atomic E-state index is 0.0212. The number of halogens is 3. The summed E-state index contributed by atoms with van der Waals surface area (Å²) in [5, 5.41) is 62.3. The number of phenols is 2. The van der Waals surface area contributed by atoms with Gasteiger partial charge in [-0.25, -0.2) is 4.79 Å². The summed E-state index contributed by atoms with van der Waals surface area (Å²) >= 11 is 8.67. The third kappa shape index (κ3) is 25.4. The van der Waals surface area contributed by atoms with Gasteiger partial charge in [0.25, 0.3) is 0 Å². The summed E-state index contributed by atoms with van der Waals surface area (Å²) in [7, 11) is 6.37. The van der Waals surface area contributed by atoms with Gasteiger partial charge in [-0.05, 0) is 137 Å². The summed E-state index contributed by atoms with van der Waals surface area (Å²) in [6, 6.07) is 36.4. The van der Waals surface area contributed by atoms with Crippen molar-refractivity contribution in [3.05, 3.63) is 147 Å². The largest absolute Gasteiger partial charge is 0.508 e. The molecule has 3 aliphatic heterocycles. The molecule has 12 rings (SSSR count). The van der Waals surface area contributed by atoms with Crippen LogP contribution in [0.3, 0.4) is 0 Å². The van der Waals surface area contributed by atoms with Crippen molar-refractivity contribution in [2.24, 2.45) is 0 Å². The van der Waals surface area contributed by atoms with Crippen LogP contribution in [0.4, 0.5) is 13.2 Å². The van der Waals surface area contributed by atoms with Crippen molar-refractivity contribution >= 4 is 41.7 Å². The van der Waals surface area contributed by atoms with Crippen LogP contribution in [0.25, 0.3) is 51.2 Å². The van der Waals surface area contributed by atoms with Crippen LogP contribution in [-0.4, -0.2) is 245 Å². The number of alkyl halides is 3. The van der Waals surface area contributed by atoms with Crippen molar-refractivity contribution in [2.45, 2.75) is 102 Å². The number of aromatic hydroxyl groups is 2. The smallest absolute Gasteiger partial charge is 0.490 e. The Balaban J connectivity index is 0.000000202. The molecule has 114 heavy (non-hydrogen) atoms. The van der Waals surface area contributed by atoms with E-state index in [0.717, 1.165) is 154 Å². The number of H-pyrrole nitrogens is 1. The van der Waals surface area contributed by atoms with E-state index in [-0.39, 0.29) is 63.0 Å². The minimum atomic E-state index is -5.08. The van der Waals surface area contributed by atoms with Crippen molar-refractivity contribution < 1.29 is 90.5 Å². The lowest BCUT2D eigenvalue weighted by molar-refractivity contribution is -0.192. The second-order valence-corrected chi connectivity index (χ2v) is 29.0. The second kappa shape index (κ2) is 45.5. The molecule has 0 spiro atoms. The highest BCUT2D eigenvalue weighted by atomic mass is 32.2. The van der Waals surface area contributed by atoms with Gasteiger partial charge in [0.15, 0.2) is 59.7 Å². The fourth-order valence-electron chi connectivity index (χ4n) is 12.3. The lowest BCUT2D eigenvalue weighted by Gasteiger charge is -2.26. The van der Waals surface area contributed by atoms with Crippen LogP contribution in [-0.2, 0) is 57.6 Å². The van der Waals surface area contributed by atoms with Crippen LogP contribution in [0.1, 0.15) is 99.6 Å². The number of hydrogen-bond donors (Lipinski definition) is 5. The third-order valence-electron chi connectivity index (χ3n) is 17.9. The molecule has 5 N–H and O–H groups in total. The van der Waals surface area contributed by atoms with Crippen LogP contribution in [0.5, 0.6) is 34.5 Å². The number of aliphatic carboxylic acids is 1. The van der Waals surface area contributed by atoms with Gasteiger partial charge < -0.3 is 72.5 Å². The molecule has 3 aliphatic rings. The monoisotopic (exact) mass is 1640 g/mol. The number of carboxylic acids is 1. The molecule has 3 saturated heterocycles. The highest BCUT2D eigenvalue weighted by Crippen LogP contribution is 2.44. The number of nitrogens with one attached hydrogen (secondary N) is 1. The molecule has 34 heteroatoms. The Hall–Kier alpha value is -8.72. The number of aliphatic hydroxyl groups is 1. The van der Waals surface area contributed by atoms with E-state index in [4.69, 9.17) is 79.3 Å². The number of carboxylic acid groups (broad SMARTS) is 1. The van der Waals surface area contributed by atoms with E-state index in [2.05, 4.69) is 156 Å². The molecule has 0 atom stereocenters. The molecule has 0 radical (unpaired) electrons. The van der Waals surface area contributed by atoms with Crippen LogP contribution >= 0.6 is 35.7 Å². The molecule has 0 amide bonds. The first-order valence-electron chi connectivity index (χ1n) is 37.1. The predicted octanol–water partition coefficient (Wildman–Crippen LogP) is 13.7. The molecule has 6 heterocycles. The number of carbonyl (C=O) groups is 1. The summed E-state index contributed by atoms with van der Waals surface area (Å²) in [6.45, 7) is 28.0. The summed E-state index contributed by atoms with van der Waals surface area (Å²) < 4.78 is 98.8. The number of ether oxygens (including phenoxy) is 11. The van der Waals surface area contributed by atoms with Gasteiger partial charge >= 0.3 is 12.1 Å². The number of hydrogen-bond acceptors (Lipinski definition) is 26. The lowest BCUT2D eigenvalue weighted by Crippen LogP contribution is -2.35. The highest BCUT2D eigenvalue weighted by molar-refractivity contribution is 7.98. The van der Waals surface area contributed by atoms with E-state index in [9.17, 15) is 23.4 Å². The number of morpholine rings is 3. The van der Waals surface area contributed by atoms with Gasteiger partial charge in [-0.1, -0.05) is 101 Å². The summed E-state index contributed by atoms with van der Waals surface area (Å²) in [6.07, 6.45) is -1.13. The van der Waals surface area contributed by atoms with E-state index < -0.39 is 12.1 Å². The Kier molecular flexibility index (Phi) is 36.3. The molecule has 9 aromatic rings. The normalized spacial score (nSPS) is 14.1. The zero-order chi connectivity index (χ0) is 82.4. The van der Waals surface area contributed by atoms with Crippen LogP contribution in [0.15, 0.2) is 120 Å². The minimum Gasteiger partial charge on any atom is -0.508 e. The Morgan fingerprint density at radius 1 is 0.491 bits per heavy atom. The molecular weight excluding hydrogens is 1540 g/mol. The van der Waals surface area contributed by atoms with E-state index >= 15 is 0 Å². The SMILES string of the molecule is CCO.COCOc1cc(OCOC)c(C(C)C)cc1-c1n[nH]c(=S)n1-c1ccc(CN2CCOCC2)cc1.COCOc1cc(OCOC)c(C(C)C)cc1-c1nnc(SC)n1-c1ccc(CN2CCOCC2)cc1.CSc1nnc(-c2cc(C(C)C)c(O)cc2O)n1-c1ccc(CN2CCOCC2)cc1.O=C(O)C(F)(F)F. The maximum atomic E-state index is 10.6. The van der Waals surface area contributed by atoms with Crippen LogP contribution in [0.2, 0.25) is 0 Å². The van der Waals surface area contributed by atoms with Gasteiger partial charge in [-0.3, -0.25) is 33.5 Å². The van der Waals surface area contributed by atoms with Crippen molar-refractivity contribution in [3.63, 3.8) is 0 Å². The Morgan fingerprint density at radius 2 is 0.807 bits per heavy atom. The number of aromatic amines is 1. The first-order chi connectivity index (χ1) is 54.9. The number of aromatic nitrogens is 9. The molecule has 3 fully saturated rings. The van der Waals surface area contributed by atoms with Gasteiger partial charge in [0, 0.05) is 129 Å². The van der Waals surface area contributed by atoms with Gasteiger partial charge in [-0.15, -0.1) is 20.4 Å². The quantitative estimate of drug-likeness (QED) is 0.0165. The maximum Gasteiger partial charge on any atom is 0.490 e. The molecule has 3 aromatic heterocycles. The van der Waals surface area contributed by atoms with E-state index in [0.29, 0.717) is 50.8 Å². The van der Waals surface area contributed by atoms with Crippen molar-refractivity contribution in [1.82, 2.24) is 59.0 Å². The van der Waals surface area contributed by atoms with E-state index in [1.54, 1.807) is 53.2 Å². The summed E-state index contributed by atoms with van der Waals surface area (Å²) in [4.78, 5) is 16.1. The maximum absolute atomic E-state index is 10.6. The average molecular weight is 1640 g/mol. The Bertz CT molecular complexity index is 4490. The molecular formula is C80H105F3N12O16S3. The number of rotatable bonds is 29. The van der Waals surface area contributed by atoms with Crippen molar-refractivity contribution in [1.29, 1.82) is 0 Å². The fourth-order valence-corrected chi connectivity index (χ4v) is 13.5. The first-order valence-corrected chi connectivity index (χ1v) is 39.9. The molecule has 620 valence electrons. The number of benzene rings is 6. The van der Waals surface area contributed by atoms with Crippen molar-refractivity contribution in [2.75, 3.05) is 154 Å². The molecule has 0 bridgehead atoms. The predicted molar refractivity (Wildman–Crippen MR) is 432 cm³/mol. The zero-order valence-electron chi connectivity index (χ0n) is 66.7. The van der Waals surface area contributed by atoms with Gasteiger partial charge in [0.1, 0.15) is 34.5 Å². The number of nitrogens with zero attached hydrogens (tertiary/aromatic N) is 11. The van der Waals surface area contributed by atoms with Crippen LogP contribution in [0, 0.1) is 4.77 Å². The summed E-state index contributed by atoms with van der Waals surface area (Å²) in [5.74, 6) is 2.27. The van der Waals surface area contributed by atoms with Gasteiger partial charge in [0.05, 0.1) is 56.3 Å². The lowest BCUT2D eigenvalue weighted by atomic mass is 9.98. The molecule has 0 aliphatic carbocycles. The second-order valence-electron chi connectivity index (χ2n) is 27.0. The Morgan fingerprint density at radius 3 is 1.13 bits per heavy atom. The molecule has 0 unspecified atom stereocenters. The molecule has 0 saturated carbocycles. The van der Waals surface area contributed by atoms with E-state index in [1.165, 1.54) is 34.5 Å². The Labute approximate surface area is 676 Å². The number of aliphatic hydroxyl groups excluding tert-OH is 1. The average Bonchev–Trinajstić information content (AvgIpc) is 1.54. The molecule has 28 nitrogen and oxygen atoms in total. The third-order valence-corrected chi connectivity index (χ3v) is 19.5.